The average molecular weight is 551 g/mol. The Morgan fingerprint density at radius 3 is 2.32 bits per heavy atom. The number of nitrogens with zero attached hydrogens (tertiary/aromatic N) is 2. The highest BCUT2D eigenvalue weighted by atomic mass is 32.2. The van der Waals surface area contributed by atoms with Crippen molar-refractivity contribution >= 4 is 30.3 Å². The fourth-order valence-electron chi connectivity index (χ4n) is 3.57. The number of anilines is 1. The molecule has 0 saturated carbocycles. The van der Waals surface area contributed by atoms with Gasteiger partial charge in [0, 0.05) is 34.9 Å². The van der Waals surface area contributed by atoms with E-state index in [0.717, 1.165) is 10.4 Å². The van der Waals surface area contributed by atoms with Crippen molar-refractivity contribution in [3.8, 4) is 11.1 Å². The minimum absolute atomic E-state index is 0.000849. The number of alkyl halides is 2. The van der Waals surface area contributed by atoms with Gasteiger partial charge < -0.3 is 9.26 Å². The van der Waals surface area contributed by atoms with E-state index in [9.17, 15) is 22.0 Å². The molecule has 0 spiro atoms. The molecular weight excluding hydrogens is 518 g/mol. The highest BCUT2D eigenvalue weighted by Crippen LogP contribution is 2.40. The number of aldehydes is 1. The van der Waals surface area contributed by atoms with Crippen LogP contribution in [0.4, 0.5) is 14.7 Å². The van der Waals surface area contributed by atoms with Gasteiger partial charge in [-0.3, -0.25) is 4.79 Å². The van der Waals surface area contributed by atoms with Crippen LogP contribution in [0.15, 0.2) is 51.9 Å². The van der Waals surface area contributed by atoms with E-state index in [1.54, 1.807) is 19.9 Å². The van der Waals surface area contributed by atoms with Crippen LogP contribution in [-0.2, 0) is 20.7 Å². The minimum Gasteiger partial charge on any atom is -0.360 e. The zero-order valence-corrected chi connectivity index (χ0v) is 23.8. The van der Waals surface area contributed by atoms with Gasteiger partial charge in [0.2, 0.25) is 5.88 Å². The predicted octanol–water partition coefficient (Wildman–Crippen LogP) is 6.32. The van der Waals surface area contributed by atoms with Crippen LogP contribution < -0.4 is 4.31 Å². The van der Waals surface area contributed by atoms with E-state index in [-0.39, 0.29) is 39.9 Å². The molecule has 0 amide bonds. The SMILES string of the molecule is Cc1noc(N(COC(C)[Si](C)(C)C)S(=O)(=O)c2ccccc2-c2ccc(C=O)cc2C(C)(F)F)c1C. The number of aromatic nitrogens is 1. The zero-order chi connectivity index (χ0) is 27.8. The molecule has 0 aliphatic carbocycles. The van der Waals surface area contributed by atoms with Gasteiger partial charge in [-0.05, 0) is 38.5 Å². The summed E-state index contributed by atoms with van der Waals surface area (Å²) in [5, 5.41) is 3.91. The smallest absolute Gasteiger partial charge is 0.271 e. The van der Waals surface area contributed by atoms with Crippen molar-refractivity contribution in [2.45, 2.75) is 63.9 Å². The summed E-state index contributed by atoms with van der Waals surface area (Å²) in [5.41, 5.74) is 0.504. The van der Waals surface area contributed by atoms with E-state index < -0.39 is 29.6 Å². The molecule has 200 valence electrons. The quantitative estimate of drug-likeness (QED) is 0.167. The molecule has 1 atom stereocenters. The number of carbonyl (C=O) groups is 1. The molecule has 37 heavy (non-hydrogen) atoms. The topological polar surface area (TPSA) is 89.7 Å². The molecule has 0 radical (unpaired) electrons. The van der Waals surface area contributed by atoms with Gasteiger partial charge in [0.15, 0.2) is 0 Å². The van der Waals surface area contributed by atoms with E-state index in [0.29, 0.717) is 24.5 Å². The Balaban J connectivity index is 2.22. The fraction of sp³-hybridized carbons (Fsp3) is 0.385. The first kappa shape index (κ1) is 28.7. The van der Waals surface area contributed by atoms with Gasteiger partial charge in [-0.1, -0.05) is 55.1 Å². The Labute approximate surface area is 217 Å². The molecule has 1 aromatic heterocycles. The highest BCUT2D eigenvalue weighted by molar-refractivity contribution is 7.93. The second-order valence-electron chi connectivity index (χ2n) is 10.2. The van der Waals surface area contributed by atoms with Gasteiger partial charge in [-0.15, -0.1) is 0 Å². The van der Waals surface area contributed by atoms with Crippen LogP contribution in [0.5, 0.6) is 0 Å². The number of benzene rings is 2. The summed E-state index contributed by atoms with van der Waals surface area (Å²) in [6.45, 7) is 11.9. The molecule has 3 aromatic rings. The molecule has 3 rings (SSSR count). The summed E-state index contributed by atoms with van der Waals surface area (Å²) in [6, 6.07) is 9.68. The third-order valence-electron chi connectivity index (χ3n) is 6.42. The summed E-state index contributed by atoms with van der Waals surface area (Å²) in [5.74, 6) is -3.34. The van der Waals surface area contributed by atoms with Crippen molar-refractivity contribution in [1.82, 2.24) is 5.16 Å². The Kier molecular flexibility index (Phi) is 8.11. The Hall–Kier alpha value is -2.89. The summed E-state index contributed by atoms with van der Waals surface area (Å²) >= 11 is 0. The van der Waals surface area contributed by atoms with Crippen molar-refractivity contribution in [2.75, 3.05) is 11.0 Å². The fourth-order valence-corrected chi connectivity index (χ4v) is 5.68. The number of hydrogen-bond donors (Lipinski definition) is 0. The number of halogens is 2. The minimum atomic E-state index is -4.39. The zero-order valence-electron chi connectivity index (χ0n) is 22.0. The third kappa shape index (κ3) is 5.99. The van der Waals surface area contributed by atoms with Crippen molar-refractivity contribution < 1.29 is 31.3 Å². The summed E-state index contributed by atoms with van der Waals surface area (Å²) in [6.07, 6.45) is 0.468. The number of sulfonamides is 1. The maximum absolute atomic E-state index is 14.6. The number of ether oxygens (including phenoxy) is 1. The summed E-state index contributed by atoms with van der Waals surface area (Å²) < 4.78 is 70.0. The Bertz CT molecular complexity index is 1390. The molecule has 0 bridgehead atoms. The molecule has 11 heteroatoms. The standard InChI is InChI=1S/C26H32F2N2O5SSi/c1-17-18(2)29-35-25(17)30(16-34-19(3)37(5,6)7)36(32,33)24-11-9-8-10-22(24)21-13-12-20(15-31)14-23(21)26(4,27)28/h8-15,19H,16H2,1-7H3. The van der Waals surface area contributed by atoms with Crippen LogP contribution in [0, 0.1) is 13.8 Å². The normalized spacial score (nSPS) is 13.4. The molecule has 2 aromatic carbocycles. The summed E-state index contributed by atoms with van der Waals surface area (Å²) in [7, 11) is -6.16. The van der Waals surface area contributed by atoms with Crippen molar-refractivity contribution in [3.63, 3.8) is 0 Å². The maximum atomic E-state index is 14.6. The van der Waals surface area contributed by atoms with E-state index in [1.165, 1.54) is 30.3 Å². The number of rotatable bonds is 10. The van der Waals surface area contributed by atoms with Gasteiger partial charge in [-0.25, -0.2) is 21.5 Å². The molecule has 0 saturated heterocycles. The number of hydrogen-bond acceptors (Lipinski definition) is 6. The molecule has 1 unspecified atom stereocenters. The average Bonchev–Trinajstić information content (AvgIpc) is 3.15. The monoisotopic (exact) mass is 550 g/mol. The van der Waals surface area contributed by atoms with E-state index >= 15 is 0 Å². The van der Waals surface area contributed by atoms with Gasteiger partial charge in [0.05, 0.1) is 18.7 Å². The first-order chi connectivity index (χ1) is 17.1. The molecule has 7 nitrogen and oxygen atoms in total. The number of carbonyl (C=O) groups excluding carboxylic acids is 1. The van der Waals surface area contributed by atoms with Gasteiger partial charge in [0.25, 0.3) is 15.9 Å². The molecule has 0 aliphatic heterocycles. The molecular formula is C26H32F2N2O5SSi. The lowest BCUT2D eigenvalue weighted by Gasteiger charge is -2.29. The van der Waals surface area contributed by atoms with Crippen LogP contribution in [-0.4, -0.2) is 40.4 Å². The maximum Gasteiger partial charge on any atom is 0.271 e. The van der Waals surface area contributed by atoms with E-state index in [1.807, 2.05) is 6.92 Å². The first-order valence-electron chi connectivity index (χ1n) is 11.7. The van der Waals surface area contributed by atoms with Gasteiger partial charge in [-0.2, -0.15) is 0 Å². The largest absolute Gasteiger partial charge is 0.360 e. The summed E-state index contributed by atoms with van der Waals surface area (Å²) in [4.78, 5) is 11.1. The van der Waals surface area contributed by atoms with Gasteiger partial charge in [0.1, 0.15) is 13.0 Å². The predicted molar refractivity (Wildman–Crippen MR) is 141 cm³/mol. The second-order valence-corrected chi connectivity index (χ2v) is 17.5. The Morgan fingerprint density at radius 1 is 1.14 bits per heavy atom. The van der Waals surface area contributed by atoms with Crippen molar-refractivity contribution in [3.05, 3.63) is 64.8 Å². The van der Waals surface area contributed by atoms with E-state index in [4.69, 9.17) is 9.26 Å². The lowest BCUT2D eigenvalue weighted by Crippen LogP contribution is -2.42. The first-order valence-corrected chi connectivity index (χ1v) is 16.7. The molecule has 0 fully saturated rings. The van der Waals surface area contributed by atoms with Gasteiger partial charge >= 0.3 is 0 Å². The van der Waals surface area contributed by atoms with E-state index in [2.05, 4.69) is 24.8 Å². The second kappa shape index (κ2) is 10.5. The lowest BCUT2D eigenvalue weighted by atomic mass is 9.94. The Morgan fingerprint density at radius 2 is 1.78 bits per heavy atom. The molecule has 1 heterocycles. The van der Waals surface area contributed by atoms with Crippen molar-refractivity contribution in [1.29, 1.82) is 0 Å². The van der Waals surface area contributed by atoms with Crippen LogP contribution in [0.25, 0.3) is 11.1 Å². The number of aryl methyl sites for hydroxylation is 1. The third-order valence-corrected chi connectivity index (χ3v) is 10.8. The molecule has 0 aliphatic rings. The van der Waals surface area contributed by atoms with Crippen LogP contribution in [0.1, 0.15) is 41.0 Å². The highest BCUT2D eigenvalue weighted by Gasteiger charge is 2.36. The van der Waals surface area contributed by atoms with Crippen LogP contribution >= 0.6 is 0 Å². The lowest BCUT2D eigenvalue weighted by molar-refractivity contribution is 0.0180. The van der Waals surface area contributed by atoms with Crippen LogP contribution in [0.3, 0.4) is 0 Å². The van der Waals surface area contributed by atoms with Crippen LogP contribution in [0.2, 0.25) is 19.6 Å². The molecule has 0 N–H and O–H groups in total. The van der Waals surface area contributed by atoms with Crippen molar-refractivity contribution in [2.24, 2.45) is 0 Å².